The highest BCUT2D eigenvalue weighted by atomic mass is 16.5. The molecule has 12 unspecified atom stereocenters. The van der Waals surface area contributed by atoms with Gasteiger partial charge >= 0.3 is 0 Å². The maximum absolute atomic E-state index is 6.96. The number of benzene rings is 3. The maximum Gasteiger partial charge on any atom is 0.123 e. The molecule has 562 valence electrons. The van der Waals surface area contributed by atoms with Gasteiger partial charge in [0, 0.05) is 12.1 Å². The van der Waals surface area contributed by atoms with Crippen molar-refractivity contribution in [3.05, 3.63) is 82.9 Å². The fourth-order valence-electron chi connectivity index (χ4n) is 15.8. The zero-order valence-electron chi connectivity index (χ0n) is 67.8. The predicted molar refractivity (Wildman–Crippen MR) is 437 cm³/mol. The van der Waals surface area contributed by atoms with E-state index in [1.54, 1.807) is 0 Å². The summed E-state index contributed by atoms with van der Waals surface area (Å²) >= 11 is 0. The highest BCUT2D eigenvalue weighted by Gasteiger charge is 2.20. The second kappa shape index (κ2) is 56.8. The largest absolute Gasteiger partial charge is 0.493 e. The summed E-state index contributed by atoms with van der Waals surface area (Å²) in [6.07, 6.45) is 60.8. The maximum atomic E-state index is 6.96. The summed E-state index contributed by atoms with van der Waals surface area (Å²) in [6, 6.07) is 22.5. The van der Waals surface area contributed by atoms with E-state index in [0.717, 1.165) is 108 Å². The van der Waals surface area contributed by atoms with Gasteiger partial charge in [0.1, 0.15) is 23.0 Å². The molecule has 3 aromatic carbocycles. The quantitative estimate of drug-likeness (QED) is 0.0417. The Hall–Kier alpha value is -3.66. The Labute approximate surface area is 610 Å². The van der Waals surface area contributed by atoms with Crippen LogP contribution in [0.15, 0.2) is 60.7 Å². The van der Waals surface area contributed by atoms with Crippen molar-refractivity contribution in [3.63, 3.8) is 0 Å². The number of unbranched alkanes of at least 4 members (excludes halogenated alkanes) is 4. The summed E-state index contributed by atoms with van der Waals surface area (Å²) in [7, 11) is 0. The fourth-order valence-corrected chi connectivity index (χ4v) is 15.8. The zero-order chi connectivity index (χ0) is 71.4. The van der Waals surface area contributed by atoms with Crippen molar-refractivity contribution in [1.29, 1.82) is 0 Å². The molecule has 12 atom stereocenters. The lowest BCUT2D eigenvalue weighted by Crippen LogP contribution is -2.15. The van der Waals surface area contributed by atoms with E-state index >= 15 is 0 Å². The van der Waals surface area contributed by atoms with Gasteiger partial charge in [-0.15, -0.1) is 0 Å². The van der Waals surface area contributed by atoms with Crippen LogP contribution < -0.4 is 18.9 Å². The van der Waals surface area contributed by atoms with E-state index in [1.807, 2.05) is 0 Å². The summed E-state index contributed by atoms with van der Waals surface area (Å²) in [4.78, 5) is 0. The molecule has 3 rings (SSSR count). The number of hydrogen-bond donors (Lipinski definition) is 0. The molecule has 4 nitrogen and oxygen atoms in total. The first kappa shape index (κ1) is 88.6. The second-order valence-electron chi connectivity index (χ2n) is 33.1. The first-order valence-electron chi connectivity index (χ1n) is 42.8. The molecule has 98 heavy (non-hydrogen) atoms. The van der Waals surface area contributed by atoms with E-state index < -0.39 is 0 Å². The molecule has 0 radical (unpaired) electrons. The summed E-state index contributed by atoms with van der Waals surface area (Å²) in [6.45, 7) is 41.3. The van der Waals surface area contributed by atoms with Crippen LogP contribution in [-0.2, 0) is 0 Å². The van der Waals surface area contributed by atoms with Crippen molar-refractivity contribution in [2.75, 3.05) is 26.4 Å². The van der Waals surface area contributed by atoms with Gasteiger partial charge in [0.25, 0.3) is 0 Å². The number of rotatable bonds is 64. The molecule has 0 N–H and O–H groups in total. The van der Waals surface area contributed by atoms with E-state index in [-0.39, 0.29) is 0 Å². The van der Waals surface area contributed by atoms with Crippen molar-refractivity contribution in [2.45, 2.75) is 368 Å². The predicted octanol–water partition coefficient (Wildman–Crippen LogP) is 30.9. The van der Waals surface area contributed by atoms with Gasteiger partial charge in [0.05, 0.1) is 26.4 Å². The summed E-state index contributed by atoms with van der Waals surface area (Å²) in [5, 5.41) is 0. The lowest BCUT2D eigenvalue weighted by Gasteiger charge is -2.22. The molecule has 4 heteroatoms. The molecular formula is C94H162O4. The highest BCUT2D eigenvalue weighted by molar-refractivity contribution is 5.74. The van der Waals surface area contributed by atoms with E-state index in [4.69, 9.17) is 18.9 Å². The minimum absolute atomic E-state index is 0.556. The van der Waals surface area contributed by atoms with Crippen molar-refractivity contribution in [2.24, 2.45) is 71.0 Å². The smallest absolute Gasteiger partial charge is 0.123 e. The van der Waals surface area contributed by atoms with Crippen molar-refractivity contribution < 1.29 is 18.9 Å². The van der Waals surface area contributed by atoms with E-state index in [0.29, 0.717) is 23.7 Å². The van der Waals surface area contributed by atoms with Gasteiger partial charge in [-0.1, -0.05) is 365 Å². The third kappa shape index (κ3) is 44.0. The van der Waals surface area contributed by atoms with Gasteiger partial charge in [-0.3, -0.25) is 0 Å². The number of ether oxygens (including phenoxy) is 4. The standard InChI is InChI=1S/C94H162O4/c1-17-33-75(9)41-25-29-45-85(53-49-79(13)37-21-5)71-95-91-65-89(66-92(69-91)96-72-86(54-50-80(14)38-22-6)46-30-26-42-76(10)34-18-2)63-61-83-57-59-84(60-58-83)62-64-90-67-93(97-73-87(55-51-81(15)39-23-7)47-31-27-43-77(11)35-19-3)70-94(68-90)98-74-88(56-52-82(16)40-24-8)48-32-28-44-78(12)36-20-4/h57-70,75-82,85-88H,17-56,71-74H2,1-16H3. The van der Waals surface area contributed by atoms with E-state index in [9.17, 15) is 0 Å². The van der Waals surface area contributed by atoms with Gasteiger partial charge in [0.2, 0.25) is 0 Å². The minimum atomic E-state index is 0.556. The Balaban J connectivity index is 2.00. The highest BCUT2D eigenvalue weighted by Crippen LogP contribution is 2.34. The van der Waals surface area contributed by atoms with Crippen LogP contribution >= 0.6 is 0 Å². The van der Waals surface area contributed by atoms with Crippen molar-refractivity contribution >= 4 is 24.3 Å². The molecule has 0 fully saturated rings. The third-order valence-electron chi connectivity index (χ3n) is 22.4. The minimum Gasteiger partial charge on any atom is -0.493 e. The number of hydrogen-bond acceptors (Lipinski definition) is 4. The van der Waals surface area contributed by atoms with Crippen LogP contribution in [0, 0.1) is 71.0 Å². The molecule has 0 amide bonds. The Kier molecular flexibility index (Phi) is 51.4. The molecule has 0 aliphatic rings. The van der Waals surface area contributed by atoms with Crippen molar-refractivity contribution in [3.8, 4) is 23.0 Å². The van der Waals surface area contributed by atoms with Crippen LogP contribution in [-0.4, -0.2) is 26.4 Å². The second-order valence-corrected chi connectivity index (χ2v) is 33.1. The summed E-state index contributed by atoms with van der Waals surface area (Å²) in [5.74, 6) is 12.3. The SMILES string of the molecule is CCCC(C)CCCCC(CCC(C)CCC)COc1cc(C=Cc2ccc(C=Cc3cc(OCC(CCCCC(C)CCC)CCC(C)CCC)cc(OCC(CCCCC(C)CCC)CCC(C)CCC)c3)cc2)cc(OCC(CCCCC(C)CCC)CCC(C)CCC)c1. The molecule has 0 aliphatic heterocycles. The Morgan fingerprint density at radius 2 is 0.398 bits per heavy atom. The molecule has 0 bridgehead atoms. The van der Waals surface area contributed by atoms with Crippen molar-refractivity contribution in [1.82, 2.24) is 0 Å². The van der Waals surface area contributed by atoms with Crippen LogP contribution in [0.1, 0.15) is 390 Å². The van der Waals surface area contributed by atoms with E-state index in [1.165, 1.54) is 268 Å². The first-order chi connectivity index (χ1) is 47.5. The van der Waals surface area contributed by atoms with Crippen LogP contribution in [0.3, 0.4) is 0 Å². The molecule has 0 aromatic heterocycles. The van der Waals surface area contributed by atoms with Gasteiger partial charge in [-0.05, 0) is 169 Å². The molecule has 0 saturated heterocycles. The molecule has 0 spiro atoms. The summed E-state index contributed by atoms with van der Waals surface area (Å²) in [5.41, 5.74) is 4.60. The van der Waals surface area contributed by atoms with Crippen LogP contribution in [0.25, 0.3) is 24.3 Å². The molecule has 0 saturated carbocycles. The summed E-state index contributed by atoms with van der Waals surface area (Å²) < 4.78 is 27.8. The fraction of sp³-hybridized carbons (Fsp3) is 0.766. The monoisotopic (exact) mass is 1360 g/mol. The van der Waals surface area contributed by atoms with Gasteiger partial charge < -0.3 is 18.9 Å². The van der Waals surface area contributed by atoms with Crippen LogP contribution in [0.4, 0.5) is 0 Å². The van der Waals surface area contributed by atoms with Crippen LogP contribution in [0.5, 0.6) is 23.0 Å². The van der Waals surface area contributed by atoms with Gasteiger partial charge in [-0.25, -0.2) is 0 Å². The third-order valence-corrected chi connectivity index (χ3v) is 22.4. The Morgan fingerprint density at radius 3 is 0.602 bits per heavy atom. The molecule has 0 heterocycles. The molecule has 3 aromatic rings. The Bertz CT molecular complexity index is 2090. The van der Waals surface area contributed by atoms with Gasteiger partial charge in [-0.2, -0.15) is 0 Å². The molecular weight excluding hydrogens is 1190 g/mol. The van der Waals surface area contributed by atoms with Gasteiger partial charge in [0.15, 0.2) is 0 Å². The van der Waals surface area contributed by atoms with Crippen LogP contribution in [0.2, 0.25) is 0 Å². The first-order valence-corrected chi connectivity index (χ1v) is 42.8. The van der Waals surface area contributed by atoms with E-state index in [2.05, 4.69) is 196 Å². The average molecular weight is 1360 g/mol. The molecule has 0 aliphatic carbocycles. The topological polar surface area (TPSA) is 36.9 Å². The Morgan fingerprint density at radius 1 is 0.214 bits per heavy atom. The zero-order valence-corrected chi connectivity index (χ0v) is 67.8. The lowest BCUT2D eigenvalue weighted by molar-refractivity contribution is 0.208. The lowest BCUT2D eigenvalue weighted by atomic mass is 9.90. The normalized spacial score (nSPS) is 15.8. The average Bonchev–Trinajstić information content (AvgIpc) is 0.929.